The molecule has 9 heteroatoms. The van der Waals surface area contributed by atoms with E-state index in [4.69, 9.17) is 16.3 Å². The number of nitrogens with zero attached hydrogens (tertiary/aromatic N) is 6. The zero-order valence-corrected chi connectivity index (χ0v) is 23.7. The lowest BCUT2D eigenvalue weighted by Crippen LogP contribution is -2.29. The van der Waals surface area contributed by atoms with Crippen LogP contribution >= 0.6 is 11.6 Å². The highest BCUT2D eigenvalue weighted by Crippen LogP contribution is 2.28. The molecule has 0 bridgehead atoms. The van der Waals surface area contributed by atoms with Gasteiger partial charge in [-0.3, -0.25) is 19.2 Å². The van der Waals surface area contributed by atoms with Crippen molar-refractivity contribution in [3.8, 4) is 24.0 Å². The Labute approximate surface area is 236 Å². The van der Waals surface area contributed by atoms with Crippen LogP contribution < -0.4 is 0 Å². The summed E-state index contributed by atoms with van der Waals surface area (Å²) < 4.78 is 9.48. The number of hydrogen-bond donors (Lipinski definition) is 0. The number of carbonyl (C=O) groups is 1. The molecule has 4 heterocycles. The molecular formula is C30H37ClN6O2. The molecule has 0 amide bonds. The van der Waals surface area contributed by atoms with E-state index < -0.39 is 0 Å². The van der Waals surface area contributed by atoms with Gasteiger partial charge < -0.3 is 9.64 Å². The lowest BCUT2D eigenvalue weighted by molar-refractivity contribution is 0.111. The number of hydrogen-bond acceptors (Lipinski definition) is 6. The molecule has 2 aliphatic heterocycles. The molecule has 0 saturated carbocycles. The quantitative estimate of drug-likeness (QED) is 0.233. The Kier molecular flexibility index (Phi) is 11.7. The minimum Gasteiger partial charge on any atom is -0.375 e. The number of likely N-dealkylation sites (N-methyl/N-ethyl adjacent to an activating group) is 1. The molecular weight excluding hydrogens is 512 g/mol. The molecule has 1 saturated heterocycles. The van der Waals surface area contributed by atoms with Crippen molar-refractivity contribution in [1.29, 1.82) is 0 Å². The average Bonchev–Trinajstić information content (AvgIpc) is 3.64. The Morgan fingerprint density at radius 1 is 1.21 bits per heavy atom. The van der Waals surface area contributed by atoms with Crippen LogP contribution in [0.5, 0.6) is 0 Å². The second-order valence-corrected chi connectivity index (χ2v) is 10.1. The van der Waals surface area contributed by atoms with Gasteiger partial charge in [0.15, 0.2) is 6.29 Å². The van der Waals surface area contributed by atoms with Crippen molar-refractivity contribution in [2.75, 3.05) is 20.2 Å². The molecule has 39 heavy (non-hydrogen) atoms. The molecule has 0 unspecified atom stereocenters. The molecule has 1 fully saturated rings. The van der Waals surface area contributed by atoms with Gasteiger partial charge in [0.1, 0.15) is 5.69 Å². The molecule has 0 radical (unpaired) electrons. The molecule has 5 rings (SSSR count). The standard InChI is InChI=1S/C14H21ClN4.C14H14N2O2.C2H2/c1-11(15)7-16-12(2)13-8-17-19(9-13)10-14-5-4-6-18(14)3;17-9-12-14(11-5-2-1-3-6-11)13-10-18-8-4-7-16(13)15-12;1-2/h7-9,14H,4-6,10H2,1-3H3;1-3,5-6,9H,4,7-8,10H2;1-2H/b11-7+,16-12?;;/t14-;;/m0../s1. The Morgan fingerprint density at radius 3 is 2.64 bits per heavy atom. The molecule has 206 valence electrons. The van der Waals surface area contributed by atoms with E-state index >= 15 is 0 Å². The van der Waals surface area contributed by atoms with Crippen LogP contribution in [0, 0.1) is 12.8 Å². The summed E-state index contributed by atoms with van der Waals surface area (Å²) in [7, 11) is 2.18. The summed E-state index contributed by atoms with van der Waals surface area (Å²) in [5, 5.41) is 9.47. The average molecular weight is 549 g/mol. The third-order valence-electron chi connectivity index (χ3n) is 6.71. The summed E-state index contributed by atoms with van der Waals surface area (Å²) >= 11 is 5.77. The van der Waals surface area contributed by atoms with Gasteiger partial charge in [-0.1, -0.05) is 41.9 Å². The Morgan fingerprint density at radius 2 is 1.97 bits per heavy atom. The first-order chi connectivity index (χ1) is 19.0. The first kappa shape index (κ1) is 30.0. The zero-order chi connectivity index (χ0) is 28.2. The van der Waals surface area contributed by atoms with Crippen LogP contribution in [0.4, 0.5) is 0 Å². The summed E-state index contributed by atoms with van der Waals surface area (Å²) in [5.74, 6) is 0. The molecule has 3 aromatic rings. The molecule has 2 aromatic heterocycles. The van der Waals surface area contributed by atoms with Crippen LogP contribution in [0.15, 0.2) is 59.0 Å². The molecule has 0 N–H and O–H groups in total. The van der Waals surface area contributed by atoms with Gasteiger partial charge in [0.05, 0.1) is 25.0 Å². The molecule has 0 aliphatic carbocycles. The lowest BCUT2D eigenvalue weighted by atomic mass is 10.0. The SMILES string of the molecule is C#C.CC(=N/C=C(\C)Cl)c1cnn(C[C@@H]2CCCN2C)c1.O=Cc1nn2c(c1-c1ccccc1)COCCC2. The predicted octanol–water partition coefficient (Wildman–Crippen LogP) is 5.42. The fourth-order valence-corrected chi connectivity index (χ4v) is 4.72. The summed E-state index contributed by atoms with van der Waals surface area (Å²) in [6.45, 7) is 8.01. The Bertz CT molecular complexity index is 1290. The number of benzene rings is 1. The Balaban J connectivity index is 0.000000203. The highest BCUT2D eigenvalue weighted by molar-refractivity contribution is 6.29. The number of aromatic nitrogens is 4. The van der Waals surface area contributed by atoms with Crippen LogP contribution in [-0.4, -0.2) is 62.7 Å². The number of aryl methyl sites for hydroxylation is 1. The summed E-state index contributed by atoms with van der Waals surface area (Å²) in [6, 6.07) is 10.5. The number of aliphatic imine (C=N–C) groups is 1. The van der Waals surface area contributed by atoms with E-state index in [0.717, 1.165) is 60.5 Å². The maximum Gasteiger partial charge on any atom is 0.170 e. The van der Waals surface area contributed by atoms with Crippen LogP contribution in [0.2, 0.25) is 0 Å². The summed E-state index contributed by atoms with van der Waals surface area (Å²) in [5.41, 5.74) is 5.42. The van der Waals surface area contributed by atoms with Crippen molar-refractivity contribution in [2.45, 2.75) is 58.8 Å². The van der Waals surface area contributed by atoms with Gasteiger partial charge in [-0.25, -0.2) is 0 Å². The maximum atomic E-state index is 11.2. The van der Waals surface area contributed by atoms with Crippen molar-refractivity contribution in [3.63, 3.8) is 0 Å². The lowest BCUT2D eigenvalue weighted by Gasteiger charge is -2.18. The number of likely N-dealkylation sites (tertiary alicyclic amines) is 1. The van der Waals surface area contributed by atoms with Gasteiger partial charge in [0, 0.05) is 53.5 Å². The minimum absolute atomic E-state index is 0.502. The monoisotopic (exact) mass is 548 g/mol. The van der Waals surface area contributed by atoms with Gasteiger partial charge in [0.2, 0.25) is 0 Å². The number of halogens is 1. The van der Waals surface area contributed by atoms with Gasteiger partial charge in [-0.05, 0) is 52.3 Å². The summed E-state index contributed by atoms with van der Waals surface area (Å²) in [6.07, 6.45) is 17.9. The van der Waals surface area contributed by atoms with Crippen LogP contribution in [0.25, 0.3) is 11.1 Å². The molecule has 1 aromatic carbocycles. The number of aldehydes is 1. The van der Waals surface area contributed by atoms with Crippen LogP contribution in [0.1, 0.15) is 54.9 Å². The van der Waals surface area contributed by atoms with Crippen molar-refractivity contribution < 1.29 is 9.53 Å². The van der Waals surface area contributed by atoms with Gasteiger partial charge >= 0.3 is 0 Å². The number of carbonyl (C=O) groups excluding carboxylic acids is 1. The van der Waals surface area contributed by atoms with E-state index in [9.17, 15) is 4.79 Å². The number of terminal acetylenes is 1. The van der Waals surface area contributed by atoms with E-state index in [1.807, 2.05) is 59.7 Å². The first-order valence-electron chi connectivity index (χ1n) is 13.1. The normalized spacial score (nSPS) is 17.7. The second-order valence-electron chi connectivity index (χ2n) is 9.48. The highest BCUT2D eigenvalue weighted by Gasteiger charge is 2.22. The number of allylic oxidation sites excluding steroid dienone is 1. The maximum absolute atomic E-state index is 11.2. The number of ether oxygens (including phenoxy) is 1. The predicted molar refractivity (Wildman–Crippen MR) is 157 cm³/mol. The molecule has 8 nitrogen and oxygen atoms in total. The number of rotatable bonds is 6. The highest BCUT2D eigenvalue weighted by atomic mass is 35.5. The van der Waals surface area contributed by atoms with E-state index in [0.29, 0.717) is 23.4 Å². The van der Waals surface area contributed by atoms with Gasteiger partial charge in [-0.2, -0.15) is 10.2 Å². The molecule has 2 aliphatic rings. The van der Waals surface area contributed by atoms with Crippen molar-refractivity contribution in [3.05, 3.63) is 70.9 Å². The van der Waals surface area contributed by atoms with Gasteiger partial charge in [-0.15, -0.1) is 12.8 Å². The fourth-order valence-electron chi connectivity index (χ4n) is 4.67. The van der Waals surface area contributed by atoms with E-state index in [2.05, 4.69) is 46.2 Å². The number of fused-ring (bicyclic) bond motifs is 1. The first-order valence-corrected chi connectivity index (χ1v) is 13.4. The van der Waals surface area contributed by atoms with E-state index in [1.54, 1.807) is 6.20 Å². The molecule has 1 atom stereocenters. The summed E-state index contributed by atoms with van der Waals surface area (Å²) in [4.78, 5) is 17.9. The minimum atomic E-state index is 0.502. The zero-order valence-electron chi connectivity index (χ0n) is 23.0. The van der Waals surface area contributed by atoms with Crippen LogP contribution in [-0.2, 0) is 24.4 Å². The van der Waals surface area contributed by atoms with Gasteiger partial charge in [0.25, 0.3) is 0 Å². The van der Waals surface area contributed by atoms with Crippen molar-refractivity contribution >= 4 is 23.6 Å². The van der Waals surface area contributed by atoms with Crippen LogP contribution in [0.3, 0.4) is 0 Å². The third-order valence-corrected chi connectivity index (χ3v) is 6.81. The smallest absolute Gasteiger partial charge is 0.170 e. The van der Waals surface area contributed by atoms with E-state index in [-0.39, 0.29) is 0 Å². The van der Waals surface area contributed by atoms with Crippen molar-refractivity contribution in [2.24, 2.45) is 4.99 Å². The largest absolute Gasteiger partial charge is 0.375 e. The fraction of sp³-hybridized carbons (Fsp3) is 0.400. The third kappa shape index (κ3) is 8.24. The van der Waals surface area contributed by atoms with E-state index in [1.165, 1.54) is 19.4 Å². The van der Waals surface area contributed by atoms with Crippen molar-refractivity contribution in [1.82, 2.24) is 24.5 Å². The second kappa shape index (κ2) is 15.2. The topological polar surface area (TPSA) is 77.5 Å². The molecule has 0 spiro atoms. The Hall–Kier alpha value is -3.51.